The van der Waals surface area contributed by atoms with Crippen LogP contribution in [0.1, 0.15) is 38.4 Å². The van der Waals surface area contributed by atoms with Crippen molar-refractivity contribution in [3.8, 4) is 0 Å². The highest BCUT2D eigenvalue weighted by atomic mass is 32.2. The molecule has 0 bridgehead atoms. The first-order valence-corrected chi connectivity index (χ1v) is 7.80. The lowest BCUT2D eigenvalue weighted by molar-refractivity contribution is 0.549. The zero-order valence-electron chi connectivity index (χ0n) is 11.1. The van der Waals surface area contributed by atoms with Crippen molar-refractivity contribution in [2.45, 2.75) is 50.2 Å². The Morgan fingerprint density at radius 1 is 1.44 bits per heavy atom. The van der Waals surface area contributed by atoms with Gasteiger partial charge in [-0.05, 0) is 39.8 Å². The molecule has 0 atom stereocenters. The maximum Gasteiger partial charge on any atom is 0.241 e. The zero-order valence-corrected chi connectivity index (χ0v) is 11.9. The molecule has 1 saturated carbocycles. The summed E-state index contributed by atoms with van der Waals surface area (Å²) in [6.45, 7) is 4.83. The molecule has 0 aliphatic heterocycles. The summed E-state index contributed by atoms with van der Waals surface area (Å²) in [5.74, 6) is 0. The van der Waals surface area contributed by atoms with Crippen LogP contribution in [-0.4, -0.2) is 26.1 Å². The second kappa shape index (κ2) is 5.03. The fourth-order valence-corrected chi connectivity index (χ4v) is 2.70. The first-order valence-electron chi connectivity index (χ1n) is 6.31. The number of hydrogen-bond donors (Lipinski definition) is 2. The molecule has 1 aromatic rings. The minimum absolute atomic E-state index is 0.252. The Hall–Kier alpha value is -0.850. The minimum atomic E-state index is -3.35. The molecule has 0 amide bonds. The third-order valence-corrected chi connectivity index (χ3v) is 4.57. The maximum atomic E-state index is 11.8. The van der Waals surface area contributed by atoms with Crippen LogP contribution in [0.2, 0.25) is 0 Å². The summed E-state index contributed by atoms with van der Waals surface area (Å²) in [6, 6.07) is 2.62. The fraction of sp³-hybridized carbons (Fsp3) is 0.667. The highest BCUT2D eigenvalue weighted by Gasteiger charge is 2.22. The van der Waals surface area contributed by atoms with Gasteiger partial charge >= 0.3 is 0 Å². The topological polar surface area (TPSA) is 63.1 Å². The smallest absolute Gasteiger partial charge is 0.241 e. The Labute approximate surface area is 109 Å². The highest BCUT2D eigenvalue weighted by Crippen LogP contribution is 2.22. The third kappa shape index (κ3) is 2.93. The molecule has 1 aliphatic carbocycles. The van der Waals surface area contributed by atoms with E-state index in [1.165, 1.54) is 19.9 Å². The van der Waals surface area contributed by atoms with E-state index in [2.05, 4.69) is 23.9 Å². The van der Waals surface area contributed by atoms with Crippen LogP contribution in [-0.2, 0) is 16.6 Å². The zero-order chi connectivity index (χ0) is 13.3. The lowest BCUT2D eigenvalue weighted by atomic mass is 10.3. The molecule has 0 unspecified atom stereocenters. The average molecular weight is 271 g/mol. The number of rotatable bonds is 6. The average Bonchev–Trinajstić information content (AvgIpc) is 3.04. The molecule has 1 aliphatic rings. The minimum Gasteiger partial charge on any atom is -0.346 e. The van der Waals surface area contributed by atoms with Gasteiger partial charge in [0.15, 0.2) is 0 Å². The van der Waals surface area contributed by atoms with Crippen LogP contribution >= 0.6 is 0 Å². The van der Waals surface area contributed by atoms with Crippen molar-refractivity contribution < 1.29 is 8.42 Å². The van der Waals surface area contributed by atoms with E-state index in [0.29, 0.717) is 10.9 Å². The van der Waals surface area contributed by atoms with Crippen molar-refractivity contribution in [2.75, 3.05) is 7.05 Å². The van der Waals surface area contributed by atoms with Crippen molar-refractivity contribution in [1.82, 2.24) is 14.6 Å². The van der Waals surface area contributed by atoms with E-state index in [1.807, 2.05) is 4.57 Å². The molecule has 1 aromatic heterocycles. The van der Waals surface area contributed by atoms with Gasteiger partial charge in [0.2, 0.25) is 10.0 Å². The lowest BCUT2D eigenvalue weighted by Gasteiger charge is -2.13. The van der Waals surface area contributed by atoms with Crippen LogP contribution in [0.3, 0.4) is 0 Å². The summed E-state index contributed by atoms with van der Waals surface area (Å²) in [5, 5.41) is 3.41. The van der Waals surface area contributed by atoms with E-state index in [1.54, 1.807) is 12.3 Å². The fourth-order valence-electron chi connectivity index (χ4n) is 1.92. The van der Waals surface area contributed by atoms with Crippen LogP contribution in [0.25, 0.3) is 0 Å². The van der Waals surface area contributed by atoms with Gasteiger partial charge in [-0.1, -0.05) is 0 Å². The maximum absolute atomic E-state index is 11.8. The quantitative estimate of drug-likeness (QED) is 0.818. The molecule has 2 N–H and O–H groups in total. The molecule has 0 aromatic carbocycles. The number of aromatic nitrogens is 1. The molecule has 2 rings (SSSR count). The van der Waals surface area contributed by atoms with Crippen molar-refractivity contribution in [1.29, 1.82) is 0 Å². The van der Waals surface area contributed by atoms with E-state index in [9.17, 15) is 8.42 Å². The summed E-state index contributed by atoms with van der Waals surface area (Å²) < 4.78 is 28.0. The van der Waals surface area contributed by atoms with Gasteiger partial charge in [-0.25, -0.2) is 13.1 Å². The first-order chi connectivity index (χ1) is 8.44. The van der Waals surface area contributed by atoms with Crippen LogP contribution in [0.5, 0.6) is 0 Å². The number of nitrogens with zero attached hydrogens (tertiary/aromatic N) is 1. The molecular formula is C12H21N3O2S. The van der Waals surface area contributed by atoms with E-state index >= 15 is 0 Å². The largest absolute Gasteiger partial charge is 0.346 e. The molecule has 0 saturated heterocycles. The predicted octanol–water partition coefficient (Wildman–Crippen LogP) is 1.23. The van der Waals surface area contributed by atoms with Crippen LogP contribution < -0.4 is 10.0 Å². The SMILES string of the molecule is CNS(=O)(=O)c1cc(CNC2CC2)n(C(C)C)c1. The van der Waals surface area contributed by atoms with Crippen molar-refractivity contribution in [2.24, 2.45) is 0 Å². The molecule has 5 nitrogen and oxygen atoms in total. The summed E-state index contributed by atoms with van der Waals surface area (Å²) in [5.41, 5.74) is 1.02. The van der Waals surface area contributed by atoms with E-state index < -0.39 is 10.0 Å². The van der Waals surface area contributed by atoms with Gasteiger partial charge in [-0.3, -0.25) is 0 Å². The Bertz CT molecular complexity index is 515. The van der Waals surface area contributed by atoms with Crippen LogP contribution in [0.15, 0.2) is 17.2 Å². The van der Waals surface area contributed by atoms with Crippen LogP contribution in [0, 0.1) is 0 Å². The summed E-state index contributed by atoms with van der Waals surface area (Å²) in [6.07, 6.45) is 4.16. The second-order valence-corrected chi connectivity index (χ2v) is 6.92. The van der Waals surface area contributed by atoms with E-state index in [4.69, 9.17) is 0 Å². The Morgan fingerprint density at radius 3 is 2.61 bits per heavy atom. The highest BCUT2D eigenvalue weighted by molar-refractivity contribution is 7.89. The molecule has 0 radical (unpaired) electrons. The van der Waals surface area contributed by atoms with Gasteiger partial charge < -0.3 is 9.88 Å². The van der Waals surface area contributed by atoms with E-state index in [0.717, 1.165) is 12.2 Å². The molecule has 6 heteroatoms. The van der Waals surface area contributed by atoms with Gasteiger partial charge in [-0.15, -0.1) is 0 Å². The number of hydrogen-bond acceptors (Lipinski definition) is 3. The van der Waals surface area contributed by atoms with Gasteiger partial charge in [0.05, 0.1) is 4.90 Å². The second-order valence-electron chi connectivity index (χ2n) is 5.03. The van der Waals surface area contributed by atoms with Crippen molar-refractivity contribution >= 4 is 10.0 Å². The molecule has 1 fully saturated rings. The molecule has 1 heterocycles. The Kier molecular flexibility index (Phi) is 3.79. The lowest BCUT2D eigenvalue weighted by Crippen LogP contribution is -2.18. The normalized spacial score (nSPS) is 16.4. The van der Waals surface area contributed by atoms with Gasteiger partial charge in [-0.2, -0.15) is 0 Å². The first kappa shape index (κ1) is 13.6. The Morgan fingerprint density at radius 2 is 2.11 bits per heavy atom. The van der Waals surface area contributed by atoms with Gasteiger partial charge in [0.25, 0.3) is 0 Å². The van der Waals surface area contributed by atoms with Crippen molar-refractivity contribution in [3.63, 3.8) is 0 Å². The molecule has 102 valence electrons. The molecular weight excluding hydrogens is 250 g/mol. The van der Waals surface area contributed by atoms with Gasteiger partial charge in [0.1, 0.15) is 0 Å². The summed E-state index contributed by atoms with van der Waals surface area (Å²) in [7, 11) is -1.92. The Balaban J connectivity index is 2.25. The predicted molar refractivity (Wildman–Crippen MR) is 70.9 cm³/mol. The number of sulfonamides is 1. The van der Waals surface area contributed by atoms with Gasteiger partial charge in [0, 0.05) is 30.5 Å². The van der Waals surface area contributed by atoms with Crippen molar-refractivity contribution in [3.05, 3.63) is 18.0 Å². The number of nitrogens with one attached hydrogen (secondary N) is 2. The standard InChI is InChI=1S/C12H21N3O2S/c1-9(2)15-8-12(18(16,17)13-3)6-11(15)7-14-10-4-5-10/h6,8-10,13-14H,4-5,7H2,1-3H3. The molecule has 0 spiro atoms. The van der Waals surface area contributed by atoms with Crippen LogP contribution in [0.4, 0.5) is 0 Å². The summed E-state index contributed by atoms with van der Waals surface area (Å²) >= 11 is 0. The third-order valence-electron chi connectivity index (χ3n) is 3.19. The molecule has 18 heavy (non-hydrogen) atoms. The monoisotopic (exact) mass is 271 g/mol. The summed E-state index contributed by atoms with van der Waals surface area (Å²) in [4.78, 5) is 0.339. The van der Waals surface area contributed by atoms with E-state index in [-0.39, 0.29) is 6.04 Å².